The number of aromatic nitrogens is 1. The molecule has 1 N–H and O–H groups in total. The lowest BCUT2D eigenvalue weighted by atomic mass is 10.2. The van der Waals surface area contributed by atoms with Crippen LogP contribution < -0.4 is 0 Å². The van der Waals surface area contributed by atoms with Crippen molar-refractivity contribution in [1.29, 1.82) is 0 Å². The molecule has 0 aromatic carbocycles. The fraction of sp³-hybridized carbons (Fsp3) is 0.143. The molecule has 1 heterocycles. The maximum Gasteiger partial charge on any atom is 0.355 e. The second-order valence-corrected chi connectivity index (χ2v) is 3.41. The molecular formula is C7H5BrClNO2. The van der Waals surface area contributed by atoms with E-state index in [2.05, 4.69) is 20.9 Å². The molecule has 0 fully saturated rings. The lowest BCUT2D eigenvalue weighted by Gasteiger charge is -2.01. The van der Waals surface area contributed by atoms with Gasteiger partial charge in [-0.1, -0.05) is 11.6 Å². The van der Waals surface area contributed by atoms with Gasteiger partial charge in [-0.2, -0.15) is 0 Å². The summed E-state index contributed by atoms with van der Waals surface area (Å²) in [6, 6.07) is 1.60. The average molecular weight is 250 g/mol. The van der Waals surface area contributed by atoms with E-state index in [0.29, 0.717) is 4.47 Å². The van der Waals surface area contributed by atoms with E-state index < -0.39 is 5.97 Å². The molecule has 0 aliphatic rings. The largest absolute Gasteiger partial charge is 0.476 e. The third-order valence-corrected chi connectivity index (χ3v) is 2.51. The first kappa shape index (κ1) is 9.48. The highest BCUT2D eigenvalue weighted by atomic mass is 79.9. The number of hydrogen-bond donors (Lipinski definition) is 1. The van der Waals surface area contributed by atoms with E-state index in [1.165, 1.54) is 0 Å². The third kappa shape index (κ3) is 1.76. The number of hydrogen-bond acceptors (Lipinski definition) is 2. The molecule has 1 aromatic heterocycles. The Morgan fingerprint density at radius 2 is 2.33 bits per heavy atom. The Labute approximate surface area is 82.5 Å². The molecular weight excluding hydrogens is 245 g/mol. The molecule has 0 bridgehead atoms. The number of aromatic carboxylic acids is 1. The normalized spacial score (nSPS) is 9.92. The lowest BCUT2D eigenvalue weighted by Crippen LogP contribution is -2.02. The Balaban J connectivity index is 3.37. The molecule has 0 radical (unpaired) electrons. The summed E-state index contributed by atoms with van der Waals surface area (Å²) in [6.07, 6.45) is 0. The van der Waals surface area contributed by atoms with Gasteiger partial charge in [0, 0.05) is 0 Å². The maximum absolute atomic E-state index is 10.6. The molecule has 3 nitrogen and oxygen atoms in total. The minimum Gasteiger partial charge on any atom is -0.476 e. The van der Waals surface area contributed by atoms with E-state index >= 15 is 0 Å². The standard InChI is InChI=1S/C7H5BrClNO2/c1-3-2-4(9)10-6(5(3)8)7(11)12/h2H,1H3,(H,11,12). The van der Waals surface area contributed by atoms with Crippen LogP contribution in [0.4, 0.5) is 0 Å². The van der Waals surface area contributed by atoms with E-state index in [-0.39, 0.29) is 10.8 Å². The van der Waals surface area contributed by atoms with Crippen LogP contribution in [0.3, 0.4) is 0 Å². The van der Waals surface area contributed by atoms with Crippen LogP contribution in [0.15, 0.2) is 10.5 Å². The van der Waals surface area contributed by atoms with Gasteiger partial charge >= 0.3 is 5.97 Å². The molecule has 0 aliphatic heterocycles. The molecule has 0 amide bonds. The lowest BCUT2D eigenvalue weighted by molar-refractivity contribution is 0.0689. The van der Waals surface area contributed by atoms with Crippen molar-refractivity contribution in [3.05, 3.63) is 26.9 Å². The predicted molar refractivity (Wildman–Crippen MR) is 48.6 cm³/mol. The third-order valence-electron chi connectivity index (χ3n) is 1.31. The molecule has 0 spiro atoms. The summed E-state index contributed by atoms with van der Waals surface area (Å²) in [4.78, 5) is 14.2. The Morgan fingerprint density at radius 3 is 2.83 bits per heavy atom. The van der Waals surface area contributed by atoms with E-state index in [1.807, 2.05) is 0 Å². The monoisotopic (exact) mass is 249 g/mol. The first-order chi connectivity index (χ1) is 5.52. The van der Waals surface area contributed by atoms with Crippen LogP contribution in [0.1, 0.15) is 16.1 Å². The molecule has 64 valence electrons. The van der Waals surface area contributed by atoms with Crippen LogP contribution in [-0.4, -0.2) is 16.1 Å². The summed E-state index contributed by atoms with van der Waals surface area (Å²) >= 11 is 8.68. The van der Waals surface area contributed by atoms with Gasteiger partial charge in [-0.05, 0) is 34.5 Å². The summed E-state index contributed by atoms with van der Waals surface area (Å²) in [6.45, 7) is 1.75. The van der Waals surface area contributed by atoms with Crippen molar-refractivity contribution < 1.29 is 9.90 Å². The number of rotatable bonds is 1. The van der Waals surface area contributed by atoms with Crippen molar-refractivity contribution in [3.8, 4) is 0 Å². The molecule has 12 heavy (non-hydrogen) atoms. The number of nitrogens with zero attached hydrogens (tertiary/aromatic N) is 1. The molecule has 0 saturated heterocycles. The zero-order valence-corrected chi connectivity index (χ0v) is 8.48. The summed E-state index contributed by atoms with van der Waals surface area (Å²) < 4.78 is 0.472. The van der Waals surface area contributed by atoms with Crippen molar-refractivity contribution in [3.63, 3.8) is 0 Å². The minimum absolute atomic E-state index is 0.0556. The van der Waals surface area contributed by atoms with Gasteiger partial charge in [-0.3, -0.25) is 0 Å². The zero-order chi connectivity index (χ0) is 9.30. The molecule has 0 atom stereocenters. The summed E-state index contributed by atoms with van der Waals surface area (Å²) in [5.41, 5.74) is 0.701. The zero-order valence-electron chi connectivity index (χ0n) is 6.14. The van der Waals surface area contributed by atoms with Crippen molar-refractivity contribution in [2.75, 3.05) is 0 Å². The van der Waals surface area contributed by atoms with E-state index in [4.69, 9.17) is 16.7 Å². The fourth-order valence-corrected chi connectivity index (χ4v) is 1.38. The fourth-order valence-electron chi connectivity index (χ4n) is 0.759. The van der Waals surface area contributed by atoms with Gasteiger partial charge in [0.2, 0.25) is 0 Å². The van der Waals surface area contributed by atoms with E-state index in [9.17, 15) is 4.79 Å². The number of carboxylic acid groups (broad SMARTS) is 1. The van der Waals surface area contributed by atoms with E-state index in [0.717, 1.165) is 5.56 Å². The van der Waals surface area contributed by atoms with Crippen LogP contribution >= 0.6 is 27.5 Å². The van der Waals surface area contributed by atoms with Crippen LogP contribution in [-0.2, 0) is 0 Å². The highest BCUT2D eigenvalue weighted by Gasteiger charge is 2.12. The molecule has 0 aliphatic carbocycles. The van der Waals surface area contributed by atoms with Crippen LogP contribution in [0.25, 0.3) is 0 Å². The second-order valence-electron chi connectivity index (χ2n) is 2.23. The molecule has 1 aromatic rings. The summed E-state index contributed by atoms with van der Waals surface area (Å²) in [5, 5.41) is 8.85. The van der Waals surface area contributed by atoms with Gasteiger partial charge in [-0.15, -0.1) is 0 Å². The van der Waals surface area contributed by atoms with Crippen molar-refractivity contribution in [2.24, 2.45) is 0 Å². The first-order valence-corrected chi connectivity index (χ1v) is 4.25. The van der Waals surface area contributed by atoms with Crippen molar-refractivity contribution in [2.45, 2.75) is 6.92 Å². The van der Waals surface area contributed by atoms with E-state index in [1.54, 1.807) is 13.0 Å². The molecule has 1 rings (SSSR count). The van der Waals surface area contributed by atoms with Gasteiger partial charge in [0.25, 0.3) is 0 Å². The SMILES string of the molecule is Cc1cc(Cl)nc(C(=O)O)c1Br. The maximum atomic E-state index is 10.6. The Morgan fingerprint density at radius 1 is 1.75 bits per heavy atom. The Hall–Kier alpha value is -0.610. The summed E-state index contributed by atoms with van der Waals surface area (Å²) in [7, 11) is 0. The highest BCUT2D eigenvalue weighted by Crippen LogP contribution is 2.22. The Bertz CT molecular complexity index is 340. The quantitative estimate of drug-likeness (QED) is 0.779. The number of aryl methyl sites for hydroxylation is 1. The smallest absolute Gasteiger partial charge is 0.355 e. The van der Waals surface area contributed by atoms with Gasteiger partial charge in [0.05, 0.1) is 4.47 Å². The van der Waals surface area contributed by atoms with Crippen LogP contribution in [0, 0.1) is 6.92 Å². The minimum atomic E-state index is -1.09. The number of pyridine rings is 1. The molecule has 0 unspecified atom stereocenters. The van der Waals surface area contributed by atoms with Crippen molar-refractivity contribution in [1.82, 2.24) is 4.98 Å². The number of carbonyl (C=O) groups is 1. The van der Waals surface area contributed by atoms with Gasteiger partial charge in [0.15, 0.2) is 5.69 Å². The van der Waals surface area contributed by atoms with Gasteiger partial charge < -0.3 is 5.11 Å². The Kier molecular flexibility index (Phi) is 2.69. The topological polar surface area (TPSA) is 50.2 Å². The highest BCUT2D eigenvalue weighted by molar-refractivity contribution is 9.10. The van der Waals surface area contributed by atoms with Crippen molar-refractivity contribution >= 4 is 33.5 Å². The van der Waals surface area contributed by atoms with Crippen LogP contribution in [0.5, 0.6) is 0 Å². The van der Waals surface area contributed by atoms with Crippen LogP contribution in [0.2, 0.25) is 5.15 Å². The molecule has 5 heteroatoms. The first-order valence-electron chi connectivity index (χ1n) is 3.08. The van der Waals surface area contributed by atoms with Gasteiger partial charge in [0.1, 0.15) is 5.15 Å². The summed E-state index contributed by atoms with van der Waals surface area (Å²) in [5.74, 6) is -1.09. The predicted octanol–water partition coefficient (Wildman–Crippen LogP) is 2.50. The second kappa shape index (κ2) is 3.41. The molecule has 0 saturated carbocycles. The number of halogens is 2. The number of carboxylic acids is 1. The van der Waals surface area contributed by atoms with Gasteiger partial charge in [-0.25, -0.2) is 9.78 Å². The average Bonchev–Trinajstić information content (AvgIpc) is 1.96.